The molecule has 2 aromatic heterocycles. The van der Waals surface area contributed by atoms with Crippen molar-refractivity contribution in [3.63, 3.8) is 0 Å². The third-order valence-electron chi connectivity index (χ3n) is 4.76. The van der Waals surface area contributed by atoms with Crippen LogP contribution in [-0.4, -0.2) is 43.4 Å². The summed E-state index contributed by atoms with van der Waals surface area (Å²) in [5.74, 6) is 1.89. The van der Waals surface area contributed by atoms with Crippen LogP contribution >= 0.6 is 11.8 Å². The third kappa shape index (κ3) is 3.99. The van der Waals surface area contributed by atoms with Crippen LogP contribution < -0.4 is 5.32 Å². The molecule has 1 fully saturated rings. The average molecular weight is 369 g/mol. The molecule has 1 N–H and O–H groups in total. The minimum absolute atomic E-state index is 0.443. The lowest BCUT2D eigenvalue weighted by Gasteiger charge is -2.22. The van der Waals surface area contributed by atoms with Gasteiger partial charge in [0, 0.05) is 29.6 Å². The van der Waals surface area contributed by atoms with Crippen LogP contribution in [0.3, 0.4) is 0 Å². The first-order valence-corrected chi connectivity index (χ1v) is 10.1. The van der Waals surface area contributed by atoms with Gasteiger partial charge in [-0.15, -0.1) is 16.9 Å². The summed E-state index contributed by atoms with van der Waals surface area (Å²) in [6.07, 6.45) is 8.11. The smallest absolute Gasteiger partial charge is 0.162 e. The number of rotatable bonds is 6. The van der Waals surface area contributed by atoms with Crippen LogP contribution in [0.2, 0.25) is 0 Å². The van der Waals surface area contributed by atoms with E-state index in [0.717, 1.165) is 49.7 Å². The van der Waals surface area contributed by atoms with E-state index in [-0.39, 0.29) is 0 Å². The summed E-state index contributed by atoms with van der Waals surface area (Å²) in [5.41, 5.74) is 2.15. The standard InChI is InChI=1S/C19H24N6S/c1-15-2-4-17(5-3-15)26-13-12-24-11-10-21-19(24)18-14-25(23-22-18)16-6-8-20-9-7-16/h2-5,10-11,14,16,20H,6-9,12-13H2,1H3. The molecule has 3 heterocycles. The van der Waals surface area contributed by atoms with E-state index in [1.165, 1.54) is 10.5 Å². The summed E-state index contributed by atoms with van der Waals surface area (Å²) in [6, 6.07) is 9.12. The van der Waals surface area contributed by atoms with Gasteiger partial charge in [-0.2, -0.15) is 0 Å². The highest BCUT2D eigenvalue weighted by atomic mass is 32.2. The lowest BCUT2D eigenvalue weighted by molar-refractivity contribution is 0.337. The van der Waals surface area contributed by atoms with Crippen LogP contribution in [-0.2, 0) is 6.54 Å². The molecule has 1 aliphatic rings. The van der Waals surface area contributed by atoms with Crippen molar-refractivity contribution in [3.05, 3.63) is 48.4 Å². The number of hydrogen-bond donors (Lipinski definition) is 1. The van der Waals surface area contributed by atoms with Gasteiger partial charge in [0.15, 0.2) is 5.82 Å². The SMILES string of the molecule is Cc1ccc(SCCn2ccnc2-c2cn(C3CCNCC3)nn2)cc1. The fourth-order valence-corrected chi connectivity index (χ4v) is 4.10. The first-order chi connectivity index (χ1) is 12.8. The largest absolute Gasteiger partial charge is 0.329 e. The summed E-state index contributed by atoms with van der Waals surface area (Å²) in [7, 11) is 0. The Morgan fingerprint density at radius 2 is 2.00 bits per heavy atom. The molecule has 136 valence electrons. The van der Waals surface area contributed by atoms with Crippen molar-refractivity contribution in [2.75, 3.05) is 18.8 Å². The highest BCUT2D eigenvalue weighted by molar-refractivity contribution is 7.99. The molecule has 26 heavy (non-hydrogen) atoms. The zero-order valence-corrected chi connectivity index (χ0v) is 15.8. The second-order valence-electron chi connectivity index (χ2n) is 6.67. The van der Waals surface area contributed by atoms with Crippen LogP contribution in [0.25, 0.3) is 11.5 Å². The molecule has 4 rings (SSSR count). The number of thioether (sulfide) groups is 1. The van der Waals surface area contributed by atoms with E-state index in [4.69, 9.17) is 0 Å². The Morgan fingerprint density at radius 1 is 1.19 bits per heavy atom. The fraction of sp³-hybridized carbons (Fsp3) is 0.421. The number of aromatic nitrogens is 5. The number of aryl methyl sites for hydroxylation is 2. The van der Waals surface area contributed by atoms with Gasteiger partial charge < -0.3 is 9.88 Å². The number of nitrogens with one attached hydrogen (secondary N) is 1. The molecule has 0 bridgehead atoms. The number of hydrogen-bond acceptors (Lipinski definition) is 5. The predicted molar refractivity (Wildman–Crippen MR) is 104 cm³/mol. The molecule has 0 unspecified atom stereocenters. The molecular formula is C19H24N6S. The molecule has 1 aliphatic heterocycles. The van der Waals surface area contributed by atoms with E-state index >= 15 is 0 Å². The van der Waals surface area contributed by atoms with Crippen molar-refractivity contribution < 1.29 is 0 Å². The Kier molecular flexibility index (Phi) is 5.36. The highest BCUT2D eigenvalue weighted by Crippen LogP contribution is 2.22. The molecule has 1 saturated heterocycles. The number of piperidine rings is 1. The third-order valence-corrected chi connectivity index (χ3v) is 5.75. The van der Waals surface area contributed by atoms with Gasteiger partial charge in [-0.25, -0.2) is 9.67 Å². The molecule has 3 aromatic rings. The first kappa shape index (κ1) is 17.3. The van der Waals surface area contributed by atoms with Gasteiger partial charge in [-0.1, -0.05) is 22.9 Å². The molecule has 0 atom stereocenters. The van der Waals surface area contributed by atoms with Gasteiger partial charge in [-0.3, -0.25) is 0 Å². The van der Waals surface area contributed by atoms with E-state index in [9.17, 15) is 0 Å². The topological polar surface area (TPSA) is 60.6 Å². The Hall–Kier alpha value is -2.12. The quantitative estimate of drug-likeness (QED) is 0.677. The normalized spacial score (nSPS) is 15.4. The molecule has 0 saturated carbocycles. The Morgan fingerprint density at radius 3 is 2.81 bits per heavy atom. The Balaban J connectivity index is 1.40. The maximum Gasteiger partial charge on any atom is 0.162 e. The van der Waals surface area contributed by atoms with E-state index in [0.29, 0.717) is 6.04 Å². The zero-order valence-electron chi connectivity index (χ0n) is 15.0. The van der Waals surface area contributed by atoms with E-state index in [1.807, 2.05) is 35.0 Å². The van der Waals surface area contributed by atoms with Crippen LogP contribution in [0.1, 0.15) is 24.4 Å². The lowest BCUT2D eigenvalue weighted by atomic mass is 10.1. The summed E-state index contributed by atoms with van der Waals surface area (Å²) in [4.78, 5) is 5.81. The summed E-state index contributed by atoms with van der Waals surface area (Å²) >= 11 is 1.86. The van der Waals surface area contributed by atoms with Gasteiger partial charge in [0.1, 0.15) is 5.69 Å². The summed E-state index contributed by atoms with van der Waals surface area (Å²) in [5, 5.41) is 12.1. The number of nitrogens with zero attached hydrogens (tertiary/aromatic N) is 5. The number of benzene rings is 1. The average Bonchev–Trinajstić information content (AvgIpc) is 3.33. The van der Waals surface area contributed by atoms with Gasteiger partial charge >= 0.3 is 0 Å². The molecule has 0 amide bonds. The van der Waals surface area contributed by atoms with Crippen molar-refractivity contribution in [2.24, 2.45) is 0 Å². The van der Waals surface area contributed by atoms with E-state index in [2.05, 4.69) is 56.4 Å². The second-order valence-corrected chi connectivity index (χ2v) is 7.84. The molecule has 0 spiro atoms. The van der Waals surface area contributed by atoms with Crippen molar-refractivity contribution in [1.82, 2.24) is 29.9 Å². The summed E-state index contributed by atoms with van der Waals surface area (Å²) in [6.45, 7) is 5.10. The van der Waals surface area contributed by atoms with Crippen LogP contribution in [0.5, 0.6) is 0 Å². The molecular weight excluding hydrogens is 344 g/mol. The molecule has 1 aromatic carbocycles. The van der Waals surface area contributed by atoms with Crippen molar-refractivity contribution in [3.8, 4) is 11.5 Å². The predicted octanol–water partition coefficient (Wildman–Crippen LogP) is 3.17. The van der Waals surface area contributed by atoms with Crippen LogP contribution in [0, 0.1) is 6.92 Å². The fourth-order valence-electron chi connectivity index (χ4n) is 3.25. The van der Waals surface area contributed by atoms with E-state index < -0.39 is 0 Å². The monoisotopic (exact) mass is 368 g/mol. The Labute approximate surface area is 158 Å². The minimum Gasteiger partial charge on any atom is -0.329 e. The van der Waals surface area contributed by atoms with Gasteiger partial charge in [0.05, 0.1) is 12.2 Å². The van der Waals surface area contributed by atoms with Crippen LogP contribution in [0.15, 0.2) is 47.8 Å². The molecule has 7 heteroatoms. The second kappa shape index (κ2) is 8.05. The molecule has 0 aliphatic carbocycles. The maximum absolute atomic E-state index is 4.51. The van der Waals surface area contributed by atoms with E-state index in [1.54, 1.807) is 0 Å². The zero-order chi connectivity index (χ0) is 17.8. The van der Waals surface area contributed by atoms with Gasteiger partial charge in [0.2, 0.25) is 0 Å². The van der Waals surface area contributed by atoms with Crippen LogP contribution in [0.4, 0.5) is 0 Å². The van der Waals surface area contributed by atoms with Crippen molar-refractivity contribution >= 4 is 11.8 Å². The maximum atomic E-state index is 4.51. The number of imidazole rings is 1. The van der Waals surface area contributed by atoms with Crippen molar-refractivity contribution in [2.45, 2.75) is 37.2 Å². The summed E-state index contributed by atoms with van der Waals surface area (Å²) < 4.78 is 4.17. The van der Waals surface area contributed by atoms with Gasteiger partial charge in [0.25, 0.3) is 0 Å². The Bertz CT molecular complexity index is 832. The lowest BCUT2D eigenvalue weighted by Crippen LogP contribution is -2.29. The molecule has 0 radical (unpaired) electrons. The highest BCUT2D eigenvalue weighted by Gasteiger charge is 2.18. The molecule has 6 nitrogen and oxygen atoms in total. The van der Waals surface area contributed by atoms with Crippen molar-refractivity contribution in [1.29, 1.82) is 0 Å². The van der Waals surface area contributed by atoms with Gasteiger partial charge in [-0.05, 0) is 45.0 Å². The first-order valence-electron chi connectivity index (χ1n) is 9.13. The minimum atomic E-state index is 0.443.